The molecule has 0 atom stereocenters. The van der Waals surface area contributed by atoms with Crippen LogP contribution in [0, 0.1) is 0 Å². The van der Waals surface area contributed by atoms with Crippen LogP contribution in [0.1, 0.15) is 13.8 Å². The predicted molar refractivity (Wildman–Crippen MR) is 46.1 cm³/mol. The zero-order valence-electron chi connectivity index (χ0n) is 7.93. The average Bonchev–Trinajstić information content (AvgIpc) is 2.02. The summed E-state index contributed by atoms with van der Waals surface area (Å²) < 4.78 is 56.9. The minimum atomic E-state index is -4.76. The third-order valence-electron chi connectivity index (χ3n) is 1.26. The van der Waals surface area contributed by atoms with E-state index in [0.29, 0.717) is 0 Å². The maximum absolute atomic E-state index is 12.2. The van der Waals surface area contributed by atoms with Crippen molar-refractivity contribution in [2.75, 3.05) is 13.2 Å². The molecule has 0 aromatic rings. The zero-order chi connectivity index (χ0) is 11.4. The van der Waals surface area contributed by atoms with E-state index in [1.807, 2.05) is 0 Å². The van der Waals surface area contributed by atoms with Gasteiger partial charge in [0, 0.05) is 0 Å². The second-order valence-electron chi connectivity index (χ2n) is 2.28. The van der Waals surface area contributed by atoms with Crippen LogP contribution < -0.4 is 0 Å². The summed E-state index contributed by atoms with van der Waals surface area (Å²) in [5, 5.41) is -1.46. The topological polar surface area (TPSA) is 35.5 Å². The molecule has 0 unspecified atom stereocenters. The number of hydrogen-bond donors (Lipinski definition) is 0. The summed E-state index contributed by atoms with van der Waals surface area (Å²) in [6, 6.07) is 0. The summed E-state index contributed by atoms with van der Waals surface area (Å²) in [4.78, 5) is 0. The first-order chi connectivity index (χ1) is 6.28. The fourth-order valence-corrected chi connectivity index (χ4v) is 2.06. The van der Waals surface area contributed by atoms with Gasteiger partial charge in [0.15, 0.2) is 0 Å². The van der Waals surface area contributed by atoms with Crippen LogP contribution in [0.15, 0.2) is 11.9 Å². The number of hydrogen-bond acceptors (Lipinski definition) is 3. The molecular weight excluding hydrogens is 220 g/mol. The van der Waals surface area contributed by atoms with Crippen molar-refractivity contribution in [3.63, 3.8) is 0 Å². The van der Waals surface area contributed by atoms with Crippen molar-refractivity contribution in [2.45, 2.75) is 20.0 Å². The molecule has 14 heavy (non-hydrogen) atoms. The monoisotopic (exact) mass is 232 g/mol. The average molecular weight is 232 g/mol. The Morgan fingerprint density at radius 3 is 1.86 bits per heavy atom. The van der Waals surface area contributed by atoms with E-state index in [1.54, 1.807) is 0 Å². The lowest BCUT2D eigenvalue weighted by molar-refractivity contribution is -0.0868. The minimum absolute atomic E-state index is 0.133. The molecule has 7 heteroatoms. The summed E-state index contributed by atoms with van der Waals surface area (Å²) in [6.45, 7) is 5.28. The molecule has 0 aromatic carbocycles. The zero-order valence-corrected chi connectivity index (χ0v) is 8.82. The van der Waals surface area contributed by atoms with Gasteiger partial charge in [-0.15, -0.1) is 0 Å². The Labute approximate surface area is 80.4 Å². The van der Waals surface area contributed by atoms with E-state index in [0.717, 1.165) is 0 Å². The van der Waals surface area contributed by atoms with Crippen molar-refractivity contribution in [3.05, 3.63) is 11.9 Å². The third kappa shape index (κ3) is 3.44. The van der Waals surface area contributed by atoms with Crippen molar-refractivity contribution in [2.24, 2.45) is 0 Å². The summed E-state index contributed by atoms with van der Waals surface area (Å²) in [6.07, 6.45) is -4.76. The first kappa shape index (κ1) is 13.7. The van der Waals surface area contributed by atoms with Gasteiger partial charge in [0.05, 0.1) is 13.2 Å². The molecule has 0 spiro atoms. The van der Waals surface area contributed by atoms with Gasteiger partial charge < -0.3 is 9.05 Å². The number of allylic oxidation sites excluding steroid dienone is 1. The van der Waals surface area contributed by atoms with Gasteiger partial charge in [0.2, 0.25) is 0 Å². The van der Waals surface area contributed by atoms with Crippen molar-refractivity contribution in [1.29, 1.82) is 0 Å². The van der Waals surface area contributed by atoms with Crippen LogP contribution in [0.5, 0.6) is 0 Å². The van der Waals surface area contributed by atoms with Gasteiger partial charge in [-0.3, -0.25) is 4.57 Å². The molecule has 3 nitrogen and oxygen atoms in total. The first-order valence-corrected chi connectivity index (χ1v) is 5.48. The molecule has 0 saturated carbocycles. The maximum Gasteiger partial charge on any atom is 0.423 e. The molecule has 0 aromatic heterocycles. The third-order valence-corrected chi connectivity index (χ3v) is 3.37. The Bertz CT molecular complexity index is 239. The Hall–Kier alpha value is -0.320. The number of rotatable bonds is 5. The van der Waals surface area contributed by atoms with Crippen LogP contribution in [-0.2, 0) is 13.6 Å². The van der Waals surface area contributed by atoms with Crippen LogP contribution in [0.25, 0.3) is 0 Å². The standard InChI is InChI=1S/C7H12F3O3P/c1-4-12-14(11,13-5-2)6(3)7(8,9)10/h3-5H2,1-2H3. The lowest BCUT2D eigenvalue weighted by Crippen LogP contribution is -2.14. The van der Waals surface area contributed by atoms with Crippen LogP contribution in [-0.4, -0.2) is 19.4 Å². The van der Waals surface area contributed by atoms with Crippen molar-refractivity contribution in [1.82, 2.24) is 0 Å². The smallest absolute Gasteiger partial charge is 0.306 e. The van der Waals surface area contributed by atoms with E-state index in [2.05, 4.69) is 15.6 Å². The molecule has 0 radical (unpaired) electrons. The van der Waals surface area contributed by atoms with E-state index in [4.69, 9.17) is 0 Å². The van der Waals surface area contributed by atoms with Gasteiger partial charge in [-0.2, -0.15) is 13.2 Å². The second-order valence-corrected chi connectivity index (χ2v) is 4.33. The molecule has 0 fully saturated rings. The first-order valence-electron chi connectivity index (χ1n) is 3.93. The highest BCUT2D eigenvalue weighted by molar-refractivity contribution is 7.58. The predicted octanol–water partition coefficient (Wildman–Crippen LogP) is 3.33. The fourth-order valence-electron chi connectivity index (χ4n) is 0.688. The second kappa shape index (κ2) is 4.96. The van der Waals surface area contributed by atoms with E-state index in [-0.39, 0.29) is 13.2 Å². The van der Waals surface area contributed by atoms with Crippen LogP contribution in [0.3, 0.4) is 0 Å². The van der Waals surface area contributed by atoms with Gasteiger partial charge in [0.1, 0.15) is 5.31 Å². The lowest BCUT2D eigenvalue weighted by atomic mass is 10.6. The van der Waals surface area contributed by atoms with Gasteiger partial charge in [-0.05, 0) is 13.8 Å². The van der Waals surface area contributed by atoms with Crippen LogP contribution in [0.4, 0.5) is 13.2 Å². The highest BCUT2D eigenvalue weighted by Gasteiger charge is 2.46. The normalized spacial score (nSPS) is 12.9. The van der Waals surface area contributed by atoms with Crippen LogP contribution >= 0.6 is 7.60 Å². The van der Waals surface area contributed by atoms with Crippen molar-refractivity contribution >= 4 is 7.60 Å². The largest absolute Gasteiger partial charge is 0.423 e. The molecule has 0 heterocycles. The van der Waals surface area contributed by atoms with Crippen LogP contribution in [0.2, 0.25) is 0 Å². The summed E-state index contributed by atoms with van der Waals surface area (Å²) >= 11 is 0. The Balaban J connectivity index is 4.83. The summed E-state index contributed by atoms with van der Waals surface area (Å²) in [5.74, 6) is 0. The molecule has 0 N–H and O–H groups in total. The molecule has 0 aliphatic rings. The molecule has 0 saturated heterocycles. The lowest BCUT2D eigenvalue weighted by Gasteiger charge is -2.20. The SMILES string of the molecule is C=C(C(F)(F)F)P(=O)(OCC)OCC. The summed E-state index contributed by atoms with van der Waals surface area (Å²) in [5.41, 5.74) is 0. The van der Waals surface area contributed by atoms with E-state index in [9.17, 15) is 17.7 Å². The van der Waals surface area contributed by atoms with Gasteiger partial charge in [-0.1, -0.05) is 6.58 Å². The molecule has 0 bridgehead atoms. The molecule has 0 aliphatic heterocycles. The van der Waals surface area contributed by atoms with Gasteiger partial charge >= 0.3 is 13.8 Å². The Kier molecular flexibility index (Phi) is 4.84. The molecule has 0 rings (SSSR count). The van der Waals surface area contributed by atoms with Crippen molar-refractivity contribution in [3.8, 4) is 0 Å². The van der Waals surface area contributed by atoms with Crippen molar-refractivity contribution < 1.29 is 26.8 Å². The number of alkyl halides is 3. The molecular formula is C7H12F3O3P. The molecule has 84 valence electrons. The van der Waals surface area contributed by atoms with E-state index >= 15 is 0 Å². The summed E-state index contributed by atoms with van der Waals surface area (Å²) in [7, 11) is -4.25. The van der Waals surface area contributed by atoms with E-state index < -0.39 is 19.1 Å². The maximum atomic E-state index is 12.2. The highest BCUT2D eigenvalue weighted by atomic mass is 31.2. The molecule has 0 amide bonds. The Morgan fingerprint density at radius 2 is 1.64 bits per heavy atom. The fraction of sp³-hybridized carbons (Fsp3) is 0.714. The van der Waals surface area contributed by atoms with Gasteiger partial charge in [0.25, 0.3) is 0 Å². The Morgan fingerprint density at radius 1 is 1.29 bits per heavy atom. The van der Waals surface area contributed by atoms with Gasteiger partial charge in [-0.25, -0.2) is 0 Å². The number of halogens is 3. The highest BCUT2D eigenvalue weighted by Crippen LogP contribution is 2.60. The molecule has 0 aliphatic carbocycles. The van der Waals surface area contributed by atoms with E-state index in [1.165, 1.54) is 13.8 Å². The quantitative estimate of drug-likeness (QED) is 0.682. The minimum Gasteiger partial charge on any atom is -0.306 e.